The fourth-order valence-corrected chi connectivity index (χ4v) is 2.36. The zero-order valence-electron chi connectivity index (χ0n) is 12.6. The molecule has 0 atom stereocenters. The third kappa shape index (κ3) is 3.19. The van der Waals surface area contributed by atoms with Gasteiger partial charge < -0.3 is 14.8 Å². The van der Waals surface area contributed by atoms with E-state index < -0.39 is 0 Å². The molecule has 2 heterocycles. The maximum absolute atomic E-state index is 6.01. The largest absolute Gasteiger partial charge is 0.493 e. The molecule has 5 nitrogen and oxygen atoms in total. The summed E-state index contributed by atoms with van der Waals surface area (Å²) in [5, 5.41) is 3.33. The van der Waals surface area contributed by atoms with Gasteiger partial charge in [-0.1, -0.05) is 12.1 Å². The molecule has 1 aromatic heterocycles. The van der Waals surface area contributed by atoms with Gasteiger partial charge in [-0.2, -0.15) is 0 Å². The minimum absolute atomic E-state index is 0.439. The average Bonchev–Trinajstić information content (AvgIpc) is 2.61. The predicted octanol–water partition coefficient (Wildman–Crippen LogP) is 2.41. The zero-order chi connectivity index (χ0) is 15.2. The molecule has 0 aliphatic carbocycles. The number of aliphatic imine (C=N–C) groups is 1. The van der Waals surface area contributed by atoms with E-state index in [9.17, 15) is 0 Å². The van der Waals surface area contributed by atoms with E-state index in [0.29, 0.717) is 18.1 Å². The molecular weight excluding hydrogens is 278 g/mol. The van der Waals surface area contributed by atoms with Crippen LogP contribution in [0, 0.1) is 0 Å². The van der Waals surface area contributed by atoms with Crippen molar-refractivity contribution >= 4 is 5.84 Å². The molecule has 0 saturated carbocycles. The van der Waals surface area contributed by atoms with E-state index in [-0.39, 0.29) is 0 Å². The van der Waals surface area contributed by atoms with E-state index in [4.69, 9.17) is 9.47 Å². The second kappa shape index (κ2) is 6.93. The Morgan fingerprint density at radius 2 is 2.18 bits per heavy atom. The van der Waals surface area contributed by atoms with Crippen molar-refractivity contribution in [3.8, 4) is 11.5 Å². The van der Waals surface area contributed by atoms with Gasteiger partial charge in [-0.05, 0) is 24.6 Å². The molecule has 22 heavy (non-hydrogen) atoms. The van der Waals surface area contributed by atoms with Gasteiger partial charge in [0.05, 0.1) is 12.7 Å². The highest BCUT2D eigenvalue weighted by Crippen LogP contribution is 2.32. The lowest BCUT2D eigenvalue weighted by Crippen LogP contribution is -2.30. The second-order valence-corrected chi connectivity index (χ2v) is 5.00. The Hall–Kier alpha value is -2.56. The Kier molecular flexibility index (Phi) is 4.53. The molecule has 1 aliphatic rings. The Morgan fingerprint density at radius 1 is 1.23 bits per heavy atom. The van der Waals surface area contributed by atoms with Crippen LogP contribution >= 0.6 is 0 Å². The highest BCUT2D eigenvalue weighted by Gasteiger charge is 2.17. The van der Waals surface area contributed by atoms with E-state index in [2.05, 4.69) is 15.3 Å². The van der Waals surface area contributed by atoms with E-state index in [1.54, 1.807) is 19.5 Å². The van der Waals surface area contributed by atoms with Crippen molar-refractivity contribution in [1.82, 2.24) is 10.3 Å². The fourth-order valence-electron chi connectivity index (χ4n) is 2.36. The molecule has 0 unspecified atom stereocenters. The van der Waals surface area contributed by atoms with Crippen molar-refractivity contribution < 1.29 is 9.47 Å². The molecular formula is C17H19N3O2. The van der Waals surface area contributed by atoms with Crippen LogP contribution in [0.3, 0.4) is 0 Å². The van der Waals surface area contributed by atoms with Crippen molar-refractivity contribution in [2.24, 2.45) is 4.99 Å². The van der Waals surface area contributed by atoms with E-state index in [0.717, 1.165) is 36.5 Å². The number of nitrogens with one attached hydrogen (secondary N) is 1. The van der Waals surface area contributed by atoms with Gasteiger partial charge in [0.1, 0.15) is 12.4 Å². The van der Waals surface area contributed by atoms with Crippen LogP contribution in [-0.2, 0) is 6.61 Å². The summed E-state index contributed by atoms with van der Waals surface area (Å²) >= 11 is 0. The topological polar surface area (TPSA) is 55.7 Å². The summed E-state index contributed by atoms with van der Waals surface area (Å²) in [6, 6.07) is 9.72. The maximum Gasteiger partial charge on any atom is 0.172 e. The first kappa shape index (κ1) is 14.4. The SMILES string of the molecule is COc1cccc(C2=NCCCN2)c1OCc1cccnc1. The summed E-state index contributed by atoms with van der Waals surface area (Å²) in [5.74, 6) is 2.28. The van der Waals surface area contributed by atoms with Gasteiger partial charge in [0.15, 0.2) is 11.5 Å². The normalized spacial score (nSPS) is 14.0. The quantitative estimate of drug-likeness (QED) is 0.921. The third-order valence-electron chi connectivity index (χ3n) is 3.46. The summed E-state index contributed by atoms with van der Waals surface area (Å²) in [6.45, 7) is 2.20. The van der Waals surface area contributed by atoms with Gasteiger partial charge in [0, 0.05) is 31.0 Å². The summed E-state index contributed by atoms with van der Waals surface area (Å²) < 4.78 is 11.5. The smallest absolute Gasteiger partial charge is 0.172 e. The molecule has 5 heteroatoms. The summed E-state index contributed by atoms with van der Waals surface area (Å²) in [7, 11) is 1.64. The van der Waals surface area contributed by atoms with Crippen LogP contribution < -0.4 is 14.8 Å². The third-order valence-corrected chi connectivity index (χ3v) is 3.46. The Morgan fingerprint density at radius 3 is 2.91 bits per heavy atom. The van der Waals surface area contributed by atoms with Gasteiger partial charge in [-0.15, -0.1) is 0 Å². The lowest BCUT2D eigenvalue weighted by atomic mass is 10.1. The molecule has 2 aromatic rings. The van der Waals surface area contributed by atoms with E-state index in [1.807, 2.05) is 30.3 Å². The van der Waals surface area contributed by atoms with Gasteiger partial charge >= 0.3 is 0 Å². The first-order valence-electron chi connectivity index (χ1n) is 7.36. The number of amidine groups is 1. The van der Waals surface area contributed by atoms with Crippen LogP contribution in [0.5, 0.6) is 11.5 Å². The van der Waals surface area contributed by atoms with Crippen LogP contribution in [0.25, 0.3) is 0 Å². The van der Waals surface area contributed by atoms with E-state index in [1.165, 1.54) is 0 Å². The Balaban J connectivity index is 1.88. The number of hydrogen-bond donors (Lipinski definition) is 1. The number of rotatable bonds is 5. The Bertz CT molecular complexity index is 656. The standard InChI is InChI=1S/C17H19N3O2/c1-21-15-7-2-6-14(17-19-9-4-10-20-17)16(15)22-12-13-5-3-8-18-11-13/h2-3,5-8,11H,4,9-10,12H2,1H3,(H,19,20). The van der Waals surface area contributed by atoms with Crippen molar-refractivity contribution in [1.29, 1.82) is 0 Å². The zero-order valence-corrected chi connectivity index (χ0v) is 12.6. The summed E-state index contributed by atoms with van der Waals surface area (Å²) in [6.07, 6.45) is 4.60. The Labute approximate surface area is 130 Å². The van der Waals surface area contributed by atoms with Crippen LogP contribution in [0.2, 0.25) is 0 Å². The molecule has 0 radical (unpaired) electrons. The summed E-state index contributed by atoms with van der Waals surface area (Å²) in [5.41, 5.74) is 1.95. The minimum atomic E-state index is 0.439. The molecule has 0 fully saturated rings. The molecule has 0 amide bonds. The molecule has 0 spiro atoms. The fraction of sp³-hybridized carbons (Fsp3) is 0.294. The lowest BCUT2D eigenvalue weighted by molar-refractivity contribution is 0.283. The van der Waals surface area contributed by atoms with Gasteiger partial charge in [0.2, 0.25) is 0 Å². The van der Waals surface area contributed by atoms with Crippen LogP contribution in [0.4, 0.5) is 0 Å². The molecule has 0 bridgehead atoms. The number of hydrogen-bond acceptors (Lipinski definition) is 5. The molecule has 0 saturated heterocycles. The number of para-hydroxylation sites is 1. The highest BCUT2D eigenvalue weighted by molar-refractivity contribution is 6.02. The number of benzene rings is 1. The van der Waals surface area contributed by atoms with Crippen molar-refractivity contribution in [2.75, 3.05) is 20.2 Å². The number of pyridine rings is 1. The maximum atomic E-state index is 6.01. The van der Waals surface area contributed by atoms with E-state index >= 15 is 0 Å². The molecule has 1 N–H and O–H groups in total. The van der Waals surface area contributed by atoms with Crippen LogP contribution in [0.15, 0.2) is 47.7 Å². The average molecular weight is 297 g/mol. The van der Waals surface area contributed by atoms with Gasteiger partial charge in [-0.3, -0.25) is 9.98 Å². The molecule has 1 aliphatic heterocycles. The van der Waals surface area contributed by atoms with Crippen molar-refractivity contribution in [2.45, 2.75) is 13.0 Å². The number of methoxy groups -OCH3 is 1. The molecule has 114 valence electrons. The predicted molar refractivity (Wildman–Crippen MR) is 85.6 cm³/mol. The second-order valence-electron chi connectivity index (χ2n) is 5.00. The molecule has 3 rings (SSSR count). The number of nitrogens with zero attached hydrogens (tertiary/aromatic N) is 2. The van der Waals surface area contributed by atoms with Crippen LogP contribution in [0.1, 0.15) is 17.5 Å². The highest BCUT2D eigenvalue weighted by atomic mass is 16.5. The van der Waals surface area contributed by atoms with Crippen LogP contribution in [-0.4, -0.2) is 31.0 Å². The minimum Gasteiger partial charge on any atom is -0.493 e. The van der Waals surface area contributed by atoms with Gasteiger partial charge in [0.25, 0.3) is 0 Å². The van der Waals surface area contributed by atoms with Gasteiger partial charge in [-0.25, -0.2) is 0 Å². The number of ether oxygens (including phenoxy) is 2. The summed E-state index contributed by atoms with van der Waals surface area (Å²) in [4.78, 5) is 8.65. The first-order valence-corrected chi connectivity index (χ1v) is 7.36. The number of aromatic nitrogens is 1. The van der Waals surface area contributed by atoms with Crippen molar-refractivity contribution in [3.05, 3.63) is 53.9 Å². The first-order chi connectivity index (χ1) is 10.9. The monoisotopic (exact) mass is 297 g/mol. The molecule has 1 aromatic carbocycles. The lowest BCUT2D eigenvalue weighted by Gasteiger charge is -2.19. The van der Waals surface area contributed by atoms with Crippen molar-refractivity contribution in [3.63, 3.8) is 0 Å².